The average molecular weight is 1680 g/mol. The zero-order valence-corrected chi connectivity index (χ0v) is 63.8. The highest BCUT2D eigenvalue weighted by atomic mass is 32.2. The Bertz CT molecular complexity index is 6630. The molecule has 1 aliphatic carbocycles. The lowest BCUT2D eigenvalue weighted by Crippen LogP contribution is -2.41. The van der Waals surface area contributed by atoms with E-state index in [-0.39, 0.29) is 95.7 Å². The van der Waals surface area contributed by atoms with Crippen molar-refractivity contribution >= 4 is 158 Å². The van der Waals surface area contributed by atoms with Crippen LogP contribution in [0.15, 0.2) is 232 Å². The zero-order valence-electron chi connectivity index (χ0n) is 60.5. The van der Waals surface area contributed by atoms with Crippen LogP contribution in [-0.2, 0) is 46.3 Å². The van der Waals surface area contributed by atoms with Crippen molar-refractivity contribution in [3.05, 3.63) is 303 Å². The number of anilines is 4. The number of amides is 4. The van der Waals surface area contributed by atoms with Crippen LogP contribution in [0, 0.1) is 40.5 Å². The van der Waals surface area contributed by atoms with Crippen LogP contribution in [0.25, 0.3) is 43.1 Å². The summed E-state index contributed by atoms with van der Waals surface area (Å²) in [4.78, 5) is 101. The number of benzene rings is 12. The Hall–Kier alpha value is -13.6. The summed E-state index contributed by atoms with van der Waals surface area (Å²) >= 11 is 0. The molecule has 0 bridgehead atoms. The number of hydrogen-bond acceptors (Lipinski definition) is 23. The summed E-state index contributed by atoms with van der Waals surface area (Å²) in [7, 11) is -15.9. The molecule has 4 aliphatic heterocycles. The fourth-order valence-electron chi connectivity index (χ4n) is 14.4. The van der Waals surface area contributed by atoms with Gasteiger partial charge in [0.2, 0.25) is 30.1 Å². The second kappa shape index (κ2) is 31.9. The predicted octanol–water partition coefficient (Wildman–Crippen LogP) is 11.6. The van der Waals surface area contributed by atoms with Gasteiger partial charge in [0.1, 0.15) is 6.17 Å². The van der Waals surface area contributed by atoms with Crippen LogP contribution in [0.5, 0.6) is 0 Å². The number of Topliss-reactive ketones (excluding diaryl/α,β-unsaturated/α-hetero) is 1. The highest BCUT2D eigenvalue weighted by Gasteiger charge is 2.36. The third-order valence-electron chi connectivity index (χ3n) is 20.1. The van der Waals surface area contributed by atoms with Crippen molar-refractivity contribution in [2.45, 2.75) is 63.3 Å². The van der Waals surface area contributed by atoms with Gasteiger partial charge in [0.05, 0.1) is 69.8 Å². The number of sulfone groups is 1. The third kappa shape index (κ3) is 15.9. The van der Waals surface area contributed by atoms with E-state index in [4.69, 9.17) is 0 Å². The van der Waals surface area contributed by atoms with Crippen LogP contribution in [0.3, 0.4) is 0 Å². The topological polar surface area (TPSA) is 519 Å². The first-order valence-electron chi connectivity index (χ1n) is 35.4. The number of halogens is 1. The van der Waals surface area contributed by atoms with Crippen molar-refractivity contribution < 1.29 is 91.9 Å². The molecule has 0 saturated carbocycles. The van der Waals surface area contributed by atoms with E-state index in [1.165, 1.54) is 115 Å². The molecule has 9 N–H and O–H groups in total. The Kier molecular flexibility index (Phi) is 21.9. The number of carbonyl (C=O) groups is 5. The van der Waals surface area contributed by atoms with Crippen molar-refractivity contribution in [2.24, 2.45) is 0 Å². The summed E-state index contributed by atoms with van der Waals surface area (Å²) in [5.74, 6) is -2.02. The molecule has 600 valence electrons. The molecule has 0 radical (unpaired) electrons. The number of alkyl halides is 1. The molecule has 5 aliphatic rings. The summed E-state index contributed by atoms with van der Waals surface area (Å²) in [6, 6.07) is 49.6. The van der Waals surface area contributed by atoms with Crippen molar-refractivity contribution in [1.29, 1.82) is 0 Å². The highest BCUT2D eigenvalue weighted by molar-refractivity contribution is 7.91. The molecule has 118 heavy (non-hydrogen) atoms. The maximum absolute atomic E-state index is 14.5. The number of nitrogens with zero attached hydrogens (tertiary/aromatic N) is 4. The molecule has 0 fully saturated rings. The molecular formula is C79H60FN11O23S4. The number of aryl methyl sites for hydroxylation is 1. The number of ketones is 1. The fraction of sp³-hybridized carbons (Fsp3) is 0.127. The van der Waals surface area contributed by atoms with Gasteiger partial charge in [0, 0.05) is 149 Å². The van der Waals surface area contributed by atoms with Gasteiger partial charge in [-0.3, -0.25) is 64.4 Å². The molecule has 12 aromatic carbocycles. The summed E-state index contributed by atoms with van der Waals surface area (Å²) in [6.07, 6.45) is -3.30. The Morgan fingerprint density at radius 2 is 0.822 bits per heavy atom. The molecule has 39 heteroatoms. The first-order chi connectivity index (χ1) is 56.1. The van der Waals surface area contributed by atoms with Gasteiger partial charge in [-0.1, -0.05) is 48.5 Å². The standard InChI is InChI=1S/C21H17N3O6S.C20H16N2O6S.C19H14FN3O5S.C19H13N3O6S/c25-20-13-6-5-12(24(27)28)10-11(13)4-7-17(20)23-31(29,30)18-9-8-16-19-14(18)2-1-3-15(19)21(26)22-16;23-17(12-4-6-13(7-5-12)22(25)26)10-11-29(27,28)18-9-8-16-19-14(18)2-1-3-15(19)20(24)21-16;20-15(11-4-6-12(7-5-11)23(25)26)10-21-29(27,28)17-9-8-16-18-13(17)2-1-3-14(18)19(24)22-16;23-16(11-4-6-12(7-5-11)22(25)26)10-20-29(27,28)17-9-8-15-18-13(17)2-1-3-14(18)19(24)21-15/h1-3,5-6,8-10,17,20,23,25H,4,7H2,(H,22,26);1-9,17,23H,10-11H2,(H,21,24);1-9,15,21H,10H2,(H,22,24);1-9,20H,10H2,(H,21,24). The number of sulfonamides is 3. The normalized spacial score (nSPS) is 15.2. The minimum absolute atomic E-state index is 0.0197. The maximum atomic E-state index is 14.5. The van der Waals surface area contributed by atoms with Crippen molar-refractivity contribution in [2.75, 3.05) is 40.1 Å². The minimum Gasteiger partial charge on any atom is -0.388 e. The number of nitrogens with one attached hydrogen (secondary N) is 7. The molecule has 4 amide bonds. The first-order valence-corrected chi connectivity index (χ1v) is 41.5. The van der Waals surface area contributed by atoms with Gasteiger partial charge in [-0.05, 0) is 157 Å². The van der Waals surface area contributed by atoms with Crippen molar-refractivity contribution in [3.8, 4) is 0 Å². The second-order valence-electron chi connectivity index (χ2n) is 27.2. The lowest BCUT2D eigenvalue weighted by Gasteiger charge is -2.30. The first kappa shape index (κ1) is 80.9. The molecule has 0 spiro atoms. The fourth-order valence-corrected chi connectivity index (χ4v) is 19.8. The predicted molar refractivity (Wildman–Crippen MR) is 428 cm³/mol. The summed E-state index contributed by atoms with van der Waals surface area (Å²) in [5, 5.41) is 78.7. The number of nitro groups is 4. The average Bonchev–Trinajstić information content (AvgIpc) is 1.57. The summed E-state index contributed by atoms with van der Waals surface area (Å²) in [5.41, 5.74) is 5.04. The molecule has 4 heterocycles. The molecule has 12 aromatic rings. The molecule has 0 saturated heterocycles. The Morgan fingerprint density at radius 1 is 0.458 bits per heavy atom. The smallest absolute Gasteiger partial charge is 0.269 e. The number of carbonyl (C=O) groups excluding carboxylic acids is 5. The van der Waals surface area contributed by atoms with E-state index in [1.807, 2.05) is 0 Å². The number of hydrogen-bond donors (Lipinski definition) is 9. The molecule has 4 unspecified atom stereocenters. The number of non-ortho nitro benzene ring substituents is 4. The van der Waals surface area contributed by atoms with Gasteiger partial charge < -0.3 is 31.5 Å². The number of fused-ring (bicyclic) bond motifs is 1. The number of aliphatic hydroxyl groups is 2. The van der Waals surface area contributed by atoms with Crippen LogP contribution < -0.4 is 35.4 Å². The van der Waals surface area contributed by atoms with Gasteiger partial charge in [-0.25, -0.2) is 52.2 Å². The largest absolute Gasteiger partial charge is 0.388 e. The van der Waals surface area contributed by atoms with E-state index in [2.05, 4.69) is 35.4 Å². The molecular weight excluding hydrogens is 1620 g/mol. The quantitative estimate of drug-likeness (QED) is 0.0173. The van der Waals surface area contributed by atoms with Crippen molar-refractivity contribution in [3.63, 3.8) is 0 Å². The Balaban J connectivity index is 0.000000129. The highest BCUT2D eigenvalue weighted by Crippen LogP contribution is 2.43. The monoisotopic (exact) mass is 1680 g/mol. The lowest BCUT2D eigenvalue weighted by atomic mass is 9.86. The van der Waals surface area contributed by atoms with Crippen LogP contribution in [0.1, 0.15) is 105 Å². The Labute approximate surface area is 666 Å². The van der Waals surface area contributed by atoms with Crippen LogP contribution in [0.2, 0.25) is 0 Å². The molecule has 0 aromatic heterocycles. The summed E-state index contributed by atoms with van der Waals surface area (Å²) in [6.45, 7) is -1.06. The van der Waals surface area contributed by atoms with E-state index in [0.717, 1.165) is 12.1 Å². The van der Waals surface area contributed by atoms with Crippen molar-refractivity contribution in [1.82, 2.24) is 14.2 Å². The zero-order chi connectivity index (χ0) is 84.2. The lowest BCUT2D eigenvalue weighted by molar-refractivity contribution is -0.385. The van der Waals surface area contributed by atoms with Crippen LogP contribution >= 0.6 is 0 Å². The van der Waals surface area contributed by atoms with E-state index in [9.17, 15) is 113 Å². The molecule has 4 atom stereocenters. The van der Waals surface area contributed by atoms with E-state index >= 15 is 0 Å². The van der Waals surface area contributed by atoms with Gasteiger partial charge in [-0.2, -0.15) is 0 Å². The number of aliphatic hydroxyl groups excluding tert-OH is 2. The Morgan fingerprint density at radius 3 is 1.24 bits per heavy atom. The maximum Gasteiger partial charge on any atom is 0.269 e. The minimum atomic E-state index is -4.07. The number of nitro benzene ring substituents is 4. The van der Waals surface area contributed by atoms with Gasteiger partial charge in [-0.15, -0.1) is 0 Å². The van der Waals surface area contributed by atoms with Gasteiger partial charge in [0.25, 0.3) is 46.4 Å². The van der Waals surface area contributed by atoms with E-state index in [1.54, 1.807) is 84.9 Å². The second-order valence-corrected chi connectivity index (χ2v) is 34.4. The van der Waals surface area contributed by atoms with Gasteiger partial charge >= 0.3 is 0 Å². The van der Waals surface area contributed by atoms with E-state index in [0.29, 0.717) is 111 Å². The SMILES string of the molecule is O=C(CNS(=O)(=O)c1ccc2c3c(cccc13)C(=O)N2)c1ccc([N+](=O)[O-])cc1.O=C1Nc2ccc(S(=O)(=O)CCC(O)c3ccc([N+](=O)[O-])cc3)c3cccc1c23.O=C1Nc2ccc(S(=O)(=O)NC3CCc4cc([N+](=O)[O-])ccc4C3O)c3cccc1c23.O=C1Nc2ccc(S(=O)(=O)NCC(F)c3ccc([N+](=O)[O-])cc3)c3cccc1c23. The van der Waals surface area contributed by atoms with Gasteiger partial charge in [0.15, 0.2) is 15.6 Å². The summed E-state index contributed by atoms with van der Waals surface area (Å²) < 4.78 is 125. The molecule has 17 rings (SSSR count). The number of rotatable bonds is 22. The van der Waals surface area contributed by atoms with E-state index < -0.39 is 103 Å². The third-order valence-corrected chi connectivity index (χ3v) is 26.4. The van der Waals surface area contributed by atoms with Crippen LogP contribution in [0.4, 0.5) is 49.9 Å². The molecule has 34 nitrogen and oxygen atoms in total. The van der Waals surface area contributed by atoms with Crippen LogP contribution in [-0.4, -0.2) is 118 Å².